The Labute approximate surface area is 179 Å². The molecule has 0 spiro atoms. The quantitative estimate of drug-likeness (QED) is 0.483. The fourth-order valence-electron chi connectivity index (χ4n) is 3.02. The van der Waals surface area contributed by atoms with Crippen LogP contribution in [0.2, 0.25) is 0 Å². The van der Waals surface area contributed by atoms with Crippen molar-refractivity contribution in [1.29, 1.82) is 0 Å². The molecule has 2 aromatic carbocycles. The van der Waals surface area contributed by atoms with Gasteiger partial charge in [-0.1, -0.05) is 30.3 Å². The molecule has 9 heteroatoms. The number of aromatic nitrogens is 3. The molecular formula is C22H19N5O3S. The molecule has 0 fully saturated rings. The van der Waals surface area contributed by atoms with E-state index in [1.165, 1.54) is 18.3 Å². The number of nitrogens with zero attached hydrogens (tertiary/aromatic N) is 3. The first-order valence-corrected chi connectivity index (χ1v) is 10.9. The van der Waals surface area contributed by atoms with Crippen molar-refractivity contribution in [2.75, 3.05) is 10.0 Å². The summed E-state index contributed by atoms with van der Waals surface area (Å²) in [7, 11) is -3.73. The van der Waals surface area contributed by atoms with E-state index in [0.717, 1.165) is 0 Å². The summed E-state index contributed by atoms with van der Waals surface area (Å²) < 4.78 is 29.2. The Hall–Kier alpha value is -3.98. The lowest BCUT2D eigenvalue weighted by atomic mass is 10.2. The number of sulfonamides is 1. The molecular weight excluding hydrogens is 414 g/mol. The summed E-state index contributed by atoms with van der Waals surface area (Å²) in [4.78, 5) is 17.2. The lowest BCUT2D eigenvalue weighted by Crippen LogP contribution is -2.15. The third-order valence-electron chi connectivity index (χ3n) is 4.55. The van der Waals surface area contributed by atoms with Crippen molar-refractivity contribution in [1.82, 2.24) is 14.8 Å². The van der Waals surface area contributed by atoms with Crippen LogP contribution in [0.4, 0.5) is 11.4 Å². The Morgan fingerprint density at radius 2 is 1.68 bits per heavy atom. The maximum absolute atomic E-state index is 12.8. The third-order valence-corrected chi connectivity index (χ3v) is 5.94. The number of pyridine rings is 1. The summed E-state index contributed by atoms with van der Waals surface area (Å²) >= 11 is 0. The van der Waals surface area contributed by atoms with E-state index in [-0.39, 0.29) is 10.8 Å². The summed E-state index contributed by atoms with van der Waals surface area (Å²) in [6.45, 7) is 1.78. The first kappa shape index (κ1) is 20.3. The molecule has 0 aliphatic rings. The molecule has 8 nitrogen and oxygen atoms in total. The lowest BCUT2D eigenvalue weighted by molar-refractivity contribution is 0.102. The average Bonchev–Trinajstić information content (AvgIpc) is 3.16. The van der Waals surface area contributed by atoms with Crippen LogP contribution in [0.3, 0.4) is 0 Å². The van der Waals surface area contributed by atoms with Gasteiger partial charge < -0.3 is 5.32 Å². The van der Waals surface area contributed by atoms with Crippen molar-refractivity contribution >= 4 is 27.3 Å². The van der Waals surface area contributed by atoms with E-state index in [1.807, 2.05) is 6.07 Å². The van der Waals surface area contributed by atoms with Gasteiger partial charge in [-0.2, -0.15) is 5.10 Å². The van der Waals surface area contributed by atoms with Crippen molar-refractivity contribution in [3.8, 4) is 5.82 Å². The van der Waals surface area contributed by atoms with E-state index >= 15 is 0 Å². The molecule has 0 radical (unpaired) electrons. The zero-order valence-corrected chi connectivity index (χ0v) is 17.4. The molecule has 2 heterocycles. The second kappa shape index (κ2) is 8.41. The van der Waals surface area contributed by atoms with Gasteiger partial charge in [-0.3, -0.25) is 9.52 Å². The SMILES string of the molecule is Cc1c(C(=O)Nc2cccc(NS(=O)(=O)c3ccccc3)c2)cnn1-c1ccccn1. The maximum atomic E-state index is 12.8. The smallest absolute Gasteiger partial charge is 0.261 e. The normalized spacial score (nSPS) is 11.1. The molecule has 0 saturated heterocycles. The monoisotopic (exact) mass is 433 g/mol. The Bertz CT molecular complexity index is 1320. The minimum absolute atomic E-state index is 0.155. The van der Waals surface area contributed by atoms with Crippen molar-refractivity contribution in [2.45, 2.75) is 11.8 Å². The number of benzene rings is 2. The summed E-state index contributed by atoms with van der Waals surface area (Å²) in [5, 5.41) is 7.03. The molecule has 0 atom stereocenters. The number of carbonyl (C=O) groups excluding carboxylic acids is 1. The highest BCUT2D eigenvalue weighted by atomic mass is 32.2. The Morgan fingerprint density at radius 1 is 0.935 bits per heavy atom. The summed E-state index contributed by atoms with van der Waals surface area (Å²) in [5.74, 6) is 0.249. The molecule has 0 aliphatic carbocycles. The van der Waals surface area contributed by atoms with Crippen molar-refractivity contribution in [3.63, 3.8) is 0 Å². The minimum Gasteiger partial charge on any atom is -0.322 e. The van der Waals surface area contributed by atoms with Gasteiger partial charge in [0.2, 0.25) is 0 Å². The molecule has 4 rings (SSSR count). The third kappa shape index (κ3) is 4.46. The van der Waals surface area contributed by atoms with Crippen LogP contribution in [0.15, 0.2) is 90.1 Å². The van der Waals surface area contributed by atoms with Crippen LogP contribution in [0.1, 0.15) is 16.1 Å². The zero-order chi connectivity index (χ0) is 21.8. The Kier molecular flexibility index (Phi) is 5.50. The molecule has 1 amide bonds. The van der Waals surface area contributed by atoms with Crippen LogP contribution in [0.25, 0.3) is 5.82 Å². The van der Waals surface area contributed by atoms with Crippen LogP contribution in [0, 0.1) is 6.92 Å². The van der Waals surface area contributed by atoms with Crippen LogP contribution < -0.4 is 10.0 Å². The Morgan fingerprint density at radius 3 is 2.42 bits per heavy atom. The predicted molar refractivity (Wildman–Crippen MR) is 118 cm³/mol. The molecule has 0 unspecified atom stereocenters. The number of anilines is 2. The number of hydrogen-bond acceptors (Lipinski definition) is 5. The number of carbonyl (C=O) groups is 1. The van der Waals surface area contributed by atoms with E-state index < -0.39 is 10.0 Å². The first-order valence-electron chi connectivity index (χ1n) is 9.39. The van der Waals surface area contributed by atoms with Crippen LogP contribution in [0.5, 0.6) is 0 Å². The van der Waals surface area contributed by atoms with E-state index in [4.69, 9.17) is 0 Å². The number of amides is 1. The molecule has 2 N–H and O–H groups in total. The topological polar surface area (TPSA) is 106 Å². The Balaban J connectivity index is 1.52. The van der Waals surface area contributed by atoms with Gasteiger partial charge in [0.25, 0.3) is 15.9 Å². The summed E-state index contributed by atoms with van der Waals surface area (Å²) in [5.41, 5.74) is 1.81. The highest BCUT2D eigenvalue weighted by molar-refractivity contribution is 7.92. The van der Waals surface area contributed by atoms with Gasteiger partial charge in [0, 0.05) is 11.9 Å². The van der Waals surface area contributed by atoms with Gasteiger partial charge in [0.15, 0.2) is 5.82 Å². The van der Waals surface area contributed by atoms with Gasteiger partial charge in [-0.15, -0.1) is 0 Å². The maximum Gasteiger partial charge on any atom is 0.261 e. The number of hydrogen-bond donors (Lipinski definition) is 2. The molecule has 0 bridgehead atoms. The number of rotatable bonds is 6. The van der Waals surface area contributed by atoms with Gasteiger partial charge >= 0.3 is 0 Å². The zero-order valence-electron chi connectivity index (χ0n) is 16.6. The molecule has 2 aromatic heterocycles. The second-order valence-corrected chi connectivity index (χ2v) is 8.38. The molecule has 4 aromatic rings. The highest BCUT2D eigenvalue weighted by Gasteiger charge is 2.17. The standard InChI is InChI=1S/C22H19N5O3S/c1-16-20(15-24-27(16)21-12-5-6-13-23-21)22(28)25-17-8-7-9-18(14-17)26-31(29,30)19-10-3-2-4-11-19/h2-15,26H,1H3,(H,25,28). The molecule has 0 aliphatic heterocycles. The van der Waals surface area contributed by atoms with E-state index in [1.54, 1.807) is 72.4 Å². The van der Waals surface area contributed by atoms with Crippen LogP contribution in [-0.4, -0.2) is 29.1 Å². The van der Waals surface area contributed by atoms with Crippen molar-refractivity contribution < 1.29 is 13.2 Å². The van der Waals surface area contributed by atoms with Crippen molar-refractivity contribution in [2.24, 2.45) is 0 Å². The van der Waals surface area contributed by atoms with Crippen LogP contribution in [-0.2, 0) is 10.0 Å². The summed E-state index contributed by atoms with van der Waals surface area (Å²) in [6, 6.07) is 20.0. The fourth-order valence-corrected chi connectivity index (χ4v) is 4.09. The lowest BCUT2D eigenvalue weighted by Gasteiger charge is -2.10. The van der Waals surface area contributed by atoms with E-state index in [2.05, 4.69) is 20.1 Å². The fraction of sp³-hybridized carbons (Fsp3) is 0.0455. The molecule has 156 valence electrons. The second-order valence-electron chi connectivity index (χ2n) is 6.70. The highest BCUT2D eigenvalue weighted by Crippen LogP contribution is 2.21. The van der Waals surface area contributed by atoms with E-state index in [9.17, 15) is 13.2 Å². The first-order chi connectivity index (χ1) is 14.9. The van der Waals surface area contributed by atoms with Gasteiger partial charge in [0.05, 0.1) is 28.0 Å². The van der Waals surface area contributed by atoms with E-state index in [0.29, 0.717) is 28.5 Å². The van der Waals surface area contributed by atoms with Gasteiger partial charge in [-0.05, 0) is 49.4 Å². The predicted octanol–water partition coefficient (Wildman–Crippen LogP) is 3.63. The van der Waals surface area contributed by atoms with Crippen molar-refractivity contribution in [3.05, 3.63) is 96.4 Å². The average molecular weight is 433 g/mol. The van der Waals surface area contributed by atoms with Crippen LogP contribution >= 0.6 is 0 Å². The molecule has 0 saturated carbocycles. The largest absolute Gasteiger partial charge is 0.322 e. The minimum atomic E-state index is -3.73. The molecule has 31 heavy (non-hydrogen) atoms. The van der Waals surface area contributed by atoms with Gasteiger partial charge in [0.1, 0.15) is 0 Å². The number of nitrogens with one attached hydrogen (secondary N) is 2. The van der Waals surface area contributed by atoms with Gasteiger partial charge in [-0.25, -0.2) is 18.1 Å². The summed E-state index contributed by atoms with van der Waals surface area (Å²) in [6.07, 6.45) is 3.12.